The SMILES string of the molecule is CC(C)C12C=CC(CC1N)C2. The van der Waals surface area contributed by atoms with Crippen LogP contribution in [0.15, 0.2) is 12.2 Å². The molecule has 0 aromatic rings. The predicted molar refractivity (Wildman–Crippen MR) is 47.1 cm³/mol. The molecule has 2 bridgehead atoms. The van der Waals surface area contributed by atoms with Gasteiger partial charge in [-0.2, -0.15) is 0 Å². The fourth-order valence-electron chi connectivity index (χ4n) is 2.74. The Hall–Kier alpha value is -0.300. The molecular weight excluding hydrogens is 134 g/mol. The van der Waals surface area contributed by atoms with Crippen LogP contribution in [0.25, 0.3) is 0 Å². The van der Waals surface area contributed by atoms with Crippen molar-refractivity contribution in [1.82, 2.24) is 0 Å². The minimum absolute atomic E-state index is 0.366. The summed E-state index contributed by atoms with van der Waals surface area (Å²) in [7, 11) is 0. The number of hydrogen-bond donors (Lipinski definition) is 1. The van der Waals surface area contributed by atoms with Crippen molar-refractivity contribution < 1.29 is 0 Å². The van der Waals surface area contributed by atoms with Crippen molar-refractivity contribution in [3.8, 4) is 0 Å². The van der Waals surface area contributed by atoms with Crippen molar-refractivity contribution >= 4 is 0 Å². The average molecular weight is 151 g/mol. The lowest BCUT2D eigenvalue weighted by molar-refractivity contribution is 0.247. The molecule has 0 aromatic carbocycles. The van der Waals surface area contributed by atoms with Crippen LogP contribution in [-0.2, 0) is 0 Å². The summed E-state index contributed by atoms with van der Waals surface area (Å²) in [5.74, 6) is 1.51. The van der Waals surface area contributed by atoms with Gasteiger partial charge in [0.05, 0.1) is 0 Å². The first kappa shape index (κ1) is 7.35. The Morgan fingerprint density at radius 3 is 2.55 bits per heavy atom. The number of nitrogens with two attached hydrogens (primary N) is 1. The molecule has 1 nitrogen and oxygen atoms in total. The van der Waals surface area contributed by atoms with E-state index >= 15 is 0 Å². The smallest absolute Gasteiger partial charge is 0.0139 e. The third-order valence-corrected chi connectivity index (χ3v) is 3.62. The third kappa shape index (κ3) is 0.807. The minimum atomic E-state index is 0.366. The van der Waals surface area contributed by atoms with Crippen LogP contribution >= 0.6 is 0 Å². The summed E-state index contributed by atoms with van der Waals surface area (Å²) < 4.78 is 0. The minimum Gasteiger partial charge on any atom is -0.327 e. The molecule has 2 aliphatic rings. The zero-order chi connectivity index (χ0) is 8.06. The summed E-state index contributed by atoms with van der Waals surface area (Å²) in [6.45, 7) is 4.58. The Labute approximate surface area is 68.7 Å². The highest BCUT2D eigenvalue weighted by Gasteiger charge is 2.48. The van der Waals surface area contributed by atoms with E-state index in [0.29, 0.717) is 17.4 Å². The lowest BCUT2D eigenvalue weighted by Gasteiger charge is -2.33. The van der Waals surface area contributed by atoms with Crippen LogP contribution in [0.3, 0.4) is 0 Å². The van der Waals surface area contributed by atoms with Gasteiger partial charge in [-0.05, 0) is 24.7 Å². The monoisotopic (exact) mass is 151 g/mol. The number of hydrogen-bond acceptors (Lipinski definition) is 1. The maximum atomic E-state index is 6.10. The highest BCUT2D eigenvalue weighted by atomic mass is 14.7. The highest BCUT2D eigenvalue weighted by molar-refractivity contribution is 5.21. The average Bonchev–Trinajstić information content (AvgIpc) is 2.43. The zero-order valence-electron chi connectivity index (χ0n) is 7.38. The second-order valence-electron chi connectivity index (χ2n) is 4.43. The quantitative estimate of drug-likeness (QED) is 0.569. The van der Waals surface area contributed by atoms with E-state index in [1.165, 1.54) is 12.8 Å². The Morgan fingerprint density at radius 2 is 2.27 bits per heavy atom. The largest absolute Gasteiger partial charge is 0.327 e. The van der Waals surface area contributed by atoms with Gasteiger partial charge in [0.1, 0.15) is 0 Å². The lowest BCUT2D eigenvalue weighted by atomic mass is 9.74. The van der Waals surface area contributed by atoms with Crippen molar-refractivity contribution in [3.05, 3.63) is 12.2 Å². The van der Waals surface area contributed by atoms with E-state index < -0.39 is 0 Å². The van der Waals surface area contributed by atoms with E-state index in [1.54, 1.807) is 0 Å². The van der Waals surface area contributed by atoms with Gasteiger partial charge in [-0.25, -0.2) is 0 Å². The molecular formula is C10H17N. The second kappa shape index (κ2) is 2.10. The molecule has 1 fully saturated rings. The van der Waals surface area contributed by atoms with Gasteiger partial charge in [0.15, 0.2) is 0 Å². The molecule has 0 amide bonds. The normalized spacial score (nSPS) is 47.6. The van der Waals surface area contributed by atoms with Crippen LogP contribution in [0.1, 0.15) is 26.7 Å². The number of rotatable bonds is 1. The number of fused-ring (bicyclic) bond motifs is 2. The Kier molecular flexibility index (Phi) is 1.40. The van der Waals surface area contributed by atoms with Gasteiger partial charge < -0.3 is 5.73 Å². The van der Waals surface area contributed by atoms with Gasteiger partial charge >= 0.3 is 0 Å². The van der Waals surface area contributed by atoms with Crippen molar-refractivity contribution in [3.63, 3.8) is 0 Å². The summed E-state index contributed by atoms with van der Waals surface area (Å²) in [5.41, 5.74) is 6.47. The van der Waals surface area contributed by atoms with Crippen LogP contribution in [0.2, 0.25) is 0 Å². The third-order valence-electron chi connectivity index (χ3n) is 3.62. The van der Waals surface area contributed by atoms with Crippen molar-refractivity contribution in [1.29, 1.82) is 0 Å². The topological polar surface area (TPSA) is 26.0 Å². The summed E-state index contributed by atoms with van der Waals surface area (Å²) in [6, 6.07) is 0.428. The Morgan fingerprint density at radius 1 is 1.55 bits per heavy atom. The van der Waals surface area contributed by atoms with Gasteiger partial charge in [0.25, 0.3) is 0 Å². The standard InChI is InChI=1S/C10H17N/c1-7(2)10-4-3-8(6-10)5-9(10)11/h3-4,7-9H,5-6,11H2,1-2H3. The molecule has 0 heterocycles. The van der Waals surface area contributed by atoms with Crippen molar-refractivity contribution in [2.45, 2.75) is 32.7 Å². The van der Waals surface area contributed by atoms with Gasteiger partial charge in [-0.15, -0.1) is 0 Å². The zero-order valence-corrected chi connectivity index (χ0v) is 7.38. The fraction of sp³-hybridized carbons (Fsp3) is 0.800. The molecule has 2 N–H and O–H groups in total. The Balaban J connectivity index is 2.30. The lowest BCUT2D eigenvalue weighted by Crippen LogP contribution is -2.39. The van der Waals surface area contributed by atoms with E-state index in [0.717, 1.165) is 5.92 Å². The Bertz CT molecular complexity index is 195. The van der Waals surface area contributed by atoms with Crippen LogP contribution in [0.5, 0.6) is 0 Å². The number of allylic oxidation sites excluding steroid dienone is 1. The van der Waals surface area contributed by atoms with Gasteiger partial charge in [-0.1, -0.05) is 26.0 Å². The predicted octanol–water partition coefficient (Wildman–Crippen LogP) is 1.94. The first-order chi connectivity index (χ1) is 5.15. The summed E-state index contributed by atoms with van der Waals surface area (Å²) >= 11 is 0. The van der Waals surface area contributed by atoms with Gasteiger partial charge in [0, 0.05) is 11.5 Å². The first-order valence-corrected chi connectivity index (χ1v) is 4.60. The maximum Gasteiger partial charge on any atom is 0.0139 e. The molecule has 0 radical (unpaired) electrons. The molecule has 11 heavy (non-hydrogen) atoms. The molecule has 2 rings (SSSR count). The highest BCUT2D eigenvalue weighted by Crippen LogP contribution is 2.52. The van der Waals surface area contributed by atoms with E-state index in [9.17, 15) is 0 Å². The van der Waals surface area contributed by atoms with Gasteiger partial charge in [-0.3, -0.25) is 0 Å². The fourth-order valence-corrected chi connectivity index (χ4v) is 2.74. The first-order valence-electron chi connectivity index (χ1n) is 4.60. The van der Waals surface area contributed by atoms with Crippen LogP contribution in [0.4, 0.5) is 0 Å². The van der Waals surface area contributed by atoms with Crippen LogP contribution in [0, 0.1) is 17.3 Å². The molecule has 1 saturated carbocycles. The van der Waals surface area contributed by atoms with E-state index in [-0.39, 0.29) is 0 Å². The molecule has 0 saturated heterocycles. The molecule has 2 aliphatic carbocycles. The molecule has 0 aliphatic heterocycles. The molecule has 0 aromatic heterocycles. The maximum absolute atomic E-state index is 6.10. The molecule has 0 spiro atoms. The summed E-state index contributed by atoms with van der Waals surface area (Å²) in [4.78, 5) is 0. The van der Waals surface area contributed by atoms with E-state index in [4.69, 9.17) is 5.73 Å². The van der Waals surface area contributed by atoms with E-state index in [1.807, 2.05) is 0 Å². The van der Waals surface area contributed by atoms with Crippen LogP contribution in [-0.4, -0.2) is 6.04 Å². The summed E-state index contributed by atoms with van der Waals surface area (Å²) in [5, 5.41) is 0. The van der Waals surface area contributed by atoms with Gasteiger partial charge in [0.2, 0.25) is 0 Å². The second-order valence-corrected chi connectivity index (χ2v) is 4.43. The van der Waals surface area contributed by atoms with Crippen molar-refractivity contribution in [2.24, 2.45) is 23.0 Å². The summed E-state index contributed by atoms with van der Waals surface area (Å²) in [6.07, 6.45) is 7.26. The molecule has 3 atom stereocenters. The molecule has 3 unspecified atom stereocenters. The van der Waals surface area contributed by atoms with Crippen LogP contribution < -0.4 is 5.73 Å². The van der Waals surface area contributed by atoms with E-state index in [2.05, 4.69) is 26.0 Å². The molecule has 1 heteroatoms. The van der Waals surface area contributed by atoms with Crippen molar-refractivity contribution in [2.75, 3.05) is 0 Å². The molecule has 62 valence electrons.